The molecule has 1 N–H and O–H groups in total. The molecule has 0 heterocycles. The van der Waals surface area contributed by atoms with E-state index in [1.807, 2.05) is 0 Å². The Labute approximate surface area is 326 Å². The maximum Gasteiger partial charge on any atom is 0.306 e. The van der Waals surface area contributed by atoms with Crippen LogP contribution in [0.5, 0.6) is 0 Å². The summed E-state index contributed by atoms with van der Waals surface area (Å²) in [6.07, 6.45) is 41.3. The molecule has 0 aliphatic carbocycles. The van der Waals surface area contributed by atoms with Crippen LogP contribution in [-0.4, -0.2) is 61.0 Å². The SMILES string of the molecule is CCCCCCCCC(CCCCCCCC)OC(=O)CCCCCCCN(CCO)CCCCCCCCOC(CCCCCCCC)C(C)C. The molecule has 0 aliphatic rings. The van der Waals surface area contributed by atoms with E-state index in [4.69, 9.17) is 9.47 Å². The van der Waals surface area contributed by atoms with E-state index in [2.05, 4.69) is 39.5 Å². The van der Waals surface area contributed by atoms with Crippen molar-refractivity contribution in [1.82, 2.24) is 4.90 Å². The van der Waals surface area contributed by atoms with Gasteiger partial charge in [-0.25, -0.2) is 0 Å². The fraction of sp³-hybridized carbons (Fsp3) is 0.979. The Kier molecular flexibility index (Phi) is 41.0. The second-order valence-electron chi connectivity index (χ2n) is 16.6. The van der Waals surface area contributed by atoms with Gasteiger partial charge in [-0.2, -0.15) is 0 Å². The van der Waals surface area contributed by atoms with Gasteiger partial charge < -0.3 is 19.5 Å². The van der Waals surface area contributed by atoms with Gasteiger partial charge in [-0.1, -0.05) is 182 Å². The first-order chi connectivity index (χ1) is 25.5. The summed E-state index contributed by atoms with van der Waals surface area (Å²) in [6.45, 7) is 15.6. The summed E-state index contributed by atoms with van der Waals surface area (Å²) >= 11 is 0. The van der Waals surface area contributed by atoms with Gasteiger partial charge in [0.25, 0.3) is 0 Å². The number of carbonyl (C=O) groups excluding carboxylic acids is 1. The van der Waals surface area contributed by atoms with Gasteiger partial charge in [0, 0.05) is 19.6 Å². The van der Waals surface area contributed by atoms with Crippen LogP contribution < -0.4 is 0 Å². The number of aliphatic hydroxyl groups excluding tert-OH is 1. The molecule has 0 saturated carbocycles. The highest BCUT2D eigenvalue weighted by Crippen LogP contribution is 2.20. The van der Waals surface area contributed by atoms with E-state index in [1.165, 1.54) is 180 Å². The Hall–Kier alpha value is -0.650. The average molecular weight is 738 g/mol. The Morgan fingerprint density at radius 3 is 1.37 bits per heavy atom. The zero-order chi connectivity index (χ0) is 38.2. The van der Waals surface area contributed by atoms with Gasteiger partial charge in [0.2, 0.25) is 0 Å². The van der Waals surface area contributed by atoms with Gasteiger partial charge in [-0.3, -0.25) is 4.79 Å². The minimum Gasteiger partial charge on any atom is -0.462 e. The van der Waals surface area contributed by atoms with Gasteiger partial charge >= 0.3 is 5.97 Å². The van der Waals surface area contributed by atoms with E-state index < -0.39 is 0 Å². The molecule has 0 radical (unpaired) electrons. The summed E-state index contributed by atoms with van der Waals surface area (Å²) in [5, 5.41) is 9.60. The molecule has 0 aliphatic heterocycles. The fourth-order valence-corrected chi connectivity index (χ4v) is 7.54. The van der Waals surface area contributed by atoms with Crippen molar-refractivity contribution in [3.63, 3.8) is 0 Å². The first kappa shape index (κ1) is 51.4. The zero-order valence-electron chi connectivity index (χ0n) is 36.2. The lowest BCUT2D eigenvalue weighted by atomic mass is 9.99. The Balaban J connectivity index is 4.01. The average Bonchev–Trinajstić information content (AvgIpc) is 3.13. The maximum absolute atomic E-state index is 12.7. The first-order valence-corrected chi connectivity index (χ1v) is 23.6. The van der Waals surface area contributed by atoms with Crippen LogP contribution in [0.25, 0.3) is 0 Å². The van der Waals surface area contributed by atoms with Crippen LogP contribution in [0.1, 0.15) is 247 Å². The molecule has 1 unspecified atom stereocenters. The quantitative estimate of drug-likeness (QED) is 0.0499. The second kappa shape index (κ2) is 41.5. The lowest BCUT2D eigenvalue weighted by molar-refractivity contribution is -0.150. The molecular formula is C47H95NO4. The van der Waals surface area contributed by atoms with E-state index in [9.17, 15) is 9.90 Å². The summed E-state index contributed by atoms with van der Waals surface area (Å²) in [5.74, 6) is 0.646. The molecule has 0 bridgehead atoms. The van der Waals surface area contributed by atoms with Crippen LogP contribution in [-0.2, 0) is 14.3 Å². The van der Waals surface area contributed by atoms with Gasteiger partial charge in [-0.15, -0.1) is 0 Å². The zero-order valence-corrected chi connectivity index (χ0v) is 36.2. The second-order valence-corrected chi connectivity index (χ2v) is 16.6. The van der Waals surface area contributed by atoms with Crippen molar-refractivity contribution in [2.24, 2.45) is 5.92 Å². The monoisotopic (exact) mass is 738 g/mol. The van der Waals surface area contributed by atoms with Crippen molar-refractivity contribution in [3.8, 4) is 0 Å². The Bertz CT molecular complexity index is 685. The molecule has 0 aromatic heterocycles. The highest BCUT2D eigenvalue weighted by molar-refractivity contribution is 5.69. The standard InChI is InChI=1S/C47H95NO4/c1-6-9-12-15-21-28-35-45(36-29-22-16-13-10-7-2)52-47(50)38-31-24-20-26-33-40-48(41-42-49)39-32-25-18-19-27-34-43-51-46(44(4)5)37-30-23-17-14-11-8-3/h44-46,49H,6-43H2,1-5H3. The van der Waals surface area contributed by atoms with Crippen molar-refractivity contribution in [2.75, 3.05) is 32.8 Å². The predicted octanol–water partition coefficient (Wildman–Crippen LogP) is 14.2. The third-order valence-corrected chi connectivity index (χ3v) is 11.1. The van der Waals surface area contributed by atoms with E-state index in [1.54, 1.807) is 0 Å². The smallest absolute Gasteiger partial charge is 0.306 e. The number of hydrogen-bond acceptors (Lipinski definition) is 5. The molecule has 0 aromatic carbocycles. The molecule has 5 heteroatoms. The van der Waals surface area contributed by atoms with Crippen LogP contribution in [0.4, 0.5) is 0 Å². The normalized spacial score (nSPS) is 12.5. The number of rotatable bonds is 43. The summed E-state index contributed by atoms with van der Waals surface area (Å²) in [6, 6.07) is 0. The number of ether oxygens (including phenoxy) is 2. The first-order valence-electron chi connectivity index (χ1n) is 23.6. The summed E-state index contributed by atoms with van der Waals surface area (Å²) in [4.78, 5) is 15.2. The van der Waals surface area contributed by atoms with Crippen LogP contribution >= 0.6 is 0 Å². The molecule has 5 nitrogen and oxygen atoms in total. The molecule has 0 aromatic rings. The third kappa shape index (κ3) is 36.3. The molecule has 312 valence electrons. The van der Waals surface area contributed by atoms with Crippen molar-refractivity contribution in [3.05, 3.63) is 0 Å². The number of aliphatic hydroxyl groups is 1. The minimum atomic E-state index is 0.0305. The van der Waals surface area contributed by atoms with Crippen LogP contribution in [0, 0.1) is 5.92 Å². The predicted molar refractivity (Wildman–Crippen MR) is 227 cm³/mol. The van der Waals surface area contributed by atoms with E-state index in [-0.39, 0.29) is 18.7 Å². The lowest BCUT2D eigenvalue weighted by Gasteiger charge is -2.22. The molecule has 0 saturated heterocycles. The van der Waals surface area contributed by atoms with E-state index in [0.717, 1.165) is 51.9 Å². The van der Waals surface area contributed by atoms with Crippen molar-refractivity contribution in [2.45, 2.75) is 259 Å². The summed E-state index contributed by atoms with van der Waals surface area (Å²) in [7, 11) is 0. The van der Waals surface area contributed by atoms with E-state index in [0.29, 0.717) is 18.4 Å². The molecule has 0 spiro atoms. The Morgan fingerprint density at radius 1 is 0.500 bits per heavy atom. The van der Waals surface area contributed by atoms with Crippen molar-refractivity contribution in [1.29, 1.82) is 0 Å². The van der Waals surface area contributed by atoms with E-state index >= 15 is 0 Å². The van der Waals surface area contributed by atoms with Crippen molar-refractivity contribution >= 4 is 5.97 Å². The fourth-order valence-electron chi connectivity index (χ4n) is 7.54. The number of nitrogens with zero attached hydrogens (tertiary/aromatic N) is 1. The topological polar surface area (TPSA) is 59.0 Å². The number of unbranched alkanes of at least 4 members (excludes halogenated alkanes) is 24. The third-order valence-electron chi connectivity index (χ3n) is 11.1. The van der Waals surface area contributed by atoms with Crippen LogP contribution in [0.15, 0.2) is 0 Å². The highest BCUT2D eigenvalue weighted by Gasteiger charge is 2.15. The number of carbonyl (C=O) groups is 1. The number of hydrogen-bond donors (Lipinski definition) is 1. The summed E-state index contributed by atoms with van der Waals surface area (Å²) in [5.41, 5.74) is 0. The lowest BCUT2D eigenvalue weighted by Crippen LogP contribution is -2.29. The Morgan fingerprint density at radius 2 is 0.904 bits per heavy atom. The van der Waals surface area contributed by atoms with Gasteiger partial charge in [0.15, 0.2) is 0 Å². The summed E-state index contributed by atoms with van der Waals surface area (Å²) < 4.78 is 12.3. The molecule has 0 rings (SSSR count). The molecule has 0 amide bonds. The van der Waals surface area contributed by atoms with Crippen LogP contribution in [0.2, 0.25) is 0 Å². The largest absolute Gasteiger partial charge is 0.462 e. The van der Waals surface area contributed by atoms with Crippen LogP contribution in [0.3, 0.4) is 0 Å². The van der Waals surface area contributed by atoms with Gasteiger partial charge in [-0.05, 0) is 76.8 Å². The maximum atomic E-state index is 12.7. The van der Waals surface area contributed by atoms with Crippen molar-refractivity contribution < 1.29 is 19.4 Å². The molecule has 52 heavy (non-hydrogen) atoms. The molecule has 1 atom stereocenters. The molecule has 0 fully saturated rings. The minimum absolute atomic E-state index is 0.0305. The van der Waals surface area contributed by atoms with Gasteiger partial charge in [0.1, 0.15) is 6.10 Å². The van der Waals surface area contributed by atoms with Gasteiger partial charge in [0.05, 0.1) is 12.7 Å². The number of esters is 1. The highest BCUT2D eigenvalue weighted by atomic mass is 16.5. The molecular weight excluding hydrogens is 643 g/mol.